The molecule has 0 aliphatic heterocycles. The van der Waals surface area contributed by atoms with Crippen molar-refractivity contribution in [1.82, 2.24) is 0 Å². The van der Waals surface area contributed by atoms with Crippen molar-refractivity contribution in [3.8, 4) is 5.75 Å². The third-order valence-corrected chi connectivity index (χ3v) is 6.56. The van der Waals surface area contributed by atoms with Crippen LogP contribution in [0.1, 0.15) is 13.8 Å². The molecule has 0 radical (unpaired) electrons. The number of rotatable bonds is 6. The van der Waals surface area contributed by atoms with Crippen LogP contribution in [-0.4, -0.2) is 43.5 Å². The van der Waals surface area contributed by atoms with Gasteiger partial charge in [0.15, 0.2) is 0 Å². The SMILES string of the molecule is CCN(C(C)=O)c1ccc(N=Nc2c(N)ccc3cc(S(=O)(=O)O)cc(O)c23)cc1S(=O)(=O)O. The molecule has 0 aromatic heterocycles. The van der Waals surface area contributed by atoms with Gasteiger partial charge in [0.05, 0.1) is 27.3 Å². The Morgan fingerprint density at radius 2 is 1.68 bits per heavy atom. The average Bonchev–Trinajstić information content (AvgIpc) is 2.72. The predicted molar refractivity (Wildman–Crippen MR) is 124 cm³/mol. The maximum absolute atomic E-state index is 11.9. The normalized spacial score (nSPS) is 12.4. The van der Waals surface area contributed by atoms with Gasteiger partial charge in [-0.25, -0.2) is 0 Å². The van der Waals surface area contributed by atoms with Crippen LogP contribution >= 0.6 is 0 Å². The second-order valence-electron chi connectivity index (χ2n) is 7.11. The molecule has 0 spiro atoms. The number of nitrogens with zero attached hydrogens (tertiary/aromatic N) is 3. The van der Waals surface area contributed by atoms with Crippen molar-refractivity contribution < 1.29 is 35.8 Å². The first-order valence-electron chi connectivity index (χ1n) is 9.58. The van der Waals surface area contributed by atoms with Crippen LogP contribution in [0.15, 0.2) is 62.5 Å². The molecule has 12 nitrogen and oxygen atoms in total. The first-order chi connectivity index (χ1) is 15.7. The number of fused-ring (bicyclic) bond motifs is 1. The van der Waals surface area contributed by atoms with Crippen molar-refractivity contribution >= 4 is 59.7 Å². The molecule has 0 saturated carbocycles. The number of amides is 1. The van der Waals surface area contributed by atoms with Crippen molar-refractivity contribution in [3.05, 3.63) is 42.5 Å². The zero-order valence-corrected chi connectivity index (χ0v) is 19.5. The van der Waals surface area contributed by atoms with Crippen molar-refractivity contribution in [2.75, 3.05) is 17.2 Å². The highest BCUT2D eigenvalue weighted by Gasteiger charge is 2.22. The molecule has 0 saturated heterocycles. The number of anilines is 2. The molecule has 0 aliphatic carbocycles. The number of nitrogen functional groups attached to an aromatic ring is 1. The van der Waals surface area contributed by atoms with E-state index in [0.29, 0.717) is 0 Å². The maximum Gasteiger partial charge on any atom is 0.296 e. The summed E-state index contributed by atoms with van der Waals surface area (Å²) < 4.78 is 65.6. The van der Waals surface area contributed by atoms with E-state index in [9.17, 15) is 35.8 Å². The Hall–Kier alpha value is -3.59. The van der Waals surface area contributed by atoms with Gasteiger partial charge in [0.1, 0.15) is 16.3 Å². The highest BCUT2D eigenvalue weighted by atomic mass is 32.2. The molecule has 3 aromatic rings. The van der Waals surface area contributed by atoms with Crippen LogP contribution in [0.4, 0.5) is 22.7 Å². The fourth-order valence-electron chi connectivity index (χ4n) is 3.34. The Morgan fingerprint density at radius 1 is 1.00 bits per heavy atom. The van der Waals surface area contributed by atoms with Gasteiger partial charge in [0, 0.05) is 19.5 Å². The van der Waals surface area contributed by atoms with Crippen LogP contribution in [0, 0.1) is 0 Å². The van der Waals surface area contributed by atoms with E-state index in [-0.39, 0.29) is 40.1 Å². The molecule has 1 amide bonds. The third kappa shape index (κ3) is 4.99. The van der Waals surface area contributed by atoms with E-state index in [0.717, 1.165) is 23.1 Å². The first-order valence-corrected chi connectivity index (χ1v) is 12.5. The summed E-state index contributed by atoms with van der Waals surface area (Å²) in [7, 11) is -9.32. The number of phenolic OH excluding ortho intramolecular Hbond substituents is 1. The van der Waals surface area contributed by atoms with Crippen LogP contribution in [0.3, 0.4) is 0 Å². The summed E-state index contributed by atoms with van der Waals surface area (Å²) in [5.74, 6) is -0.981. The van der Waals surface area contributed by atoms with Crippen LogP contribution in [0.5, 0.6) is 5.75 Å². The first kappa shape index (κ1) is 25.0. The molecule has 0 fully saturated rings. The quantitative estimate of drug-likeness (QED) is 0.219. The largest absolute Gasteiger partial charge is 0.507 e. The molecule has 0 unspecified atom stereocenters. The summed E-state index contributed by atoms with van der Waals surface area (Å²) in [6.45, 7) is 3.02. The van der Waals surface area contributed by atoms with Gasteiger partial charge < -0.3 is 15.7 Å². The Morgan fingerprint density at radius 3 is 2.24 bits per heavy atom. The van der Waals surface area contributed by atoms with Crippen LogP contribution in [0.25, 0.3) is 10.8 Å². The second kappa shape index (κ2) is 8.98. The molecule has 34 heavy (non-hydrogen) atoms. The van der Waals surface area contributed by atoms with Gasteiger partial charge in [-0.2, -0.15) is 21.9 Å². The number of hydrogen-bond acceptors (Lipinski definition) is 9. The number of phenols is 1. The lowest BCUT2D eigenvalue weighted by Gasteiger charge is -2.21. The van der Waals surface area contributed by atoms with E-state index in [4.69, 9.17) is 5.73 Å². The van der Waals surface area contributed by atoms with Crippen molar-refractivity contribution in [3.63, 3.8) is 0 Å². The van der Waals surface area contributed by atoms with E-state index >= 15 is 0 Å². The highest BCUT2D eigenvalue weighted by Crippen LogP contribution is 2.40. The number of carbonyl (C=O) groups excluding carboxylic acids is 1. The Balaban J connectivity index is 2.17. The number of nitrogens with two attached hydrogens (primary N) is 1. The molecular formula is C20H20N4O8S2. The number of benzene rings is 3. The van der Waals surface area contributed by atoms with Crippen molar-refractivity contribution in [1.29, 1.82) is 0 Å². The van der Waals surface area contributed by atoms with E-state index in [2.05, 4.69) is 10.2 Å². The van der Waals surface area contributed by atoms with Crippen LogP contribution in [-0.2, 0) is 25.0 Å². The summed E-state index contributed by atoms with van der Waals surface area (Å²) >= 11 is 0. The average molecular weight is 509 g/mol. The lowest BCUT2D eigenvalue weighted by molar-refractivity contribution is -0.116. The van der Waals surface area contributed by atoms with E-state index in [1.807, 2.05) is 0 Å². The number of aromatic hydroxyl groups is 1. The Labute approximate surface area is 194 Å². The minimum absolute atomic E-state index is 0.0265. The molecule has 0 aliphatic rings. The lowest BCUT2D eigenvalue weighted by atomic mass is 10.1. The van der Waals surface area contributed by atoms with E-state index in [1.54, 1.807) is 6.92 Å². The van der Waals surface area contributed by atoms with E-state index < -0.39 is 41.7 Å². The van der Waals surface area contributed by atoms with Gasteiger partial charge in [-0.1, -0.05) is 6.07 Å². The van der Waals surface area contributed by atoms with E-state index in [1.165, 1.54) is 31.2 Å². The molecule has 5 N–H and O–H groups in total. The highest BCUT2D eigenvalue weighted by molar-refractivity contribution is 7.86. The summed E-state index contributed by atoms with van der Waals surface area (Å²) in [5, 5.41) is 18.5. The van der Waals surface area contributed by atoms with Gasteiger partial charge in [-0.3, -0.25) is 13.9 Å². The summed E-state index contributed by atoms with van der Waals surface area (Å²) in [6.07, 6.45) is 0. The molecule has 0 bridgehead atoms. The molecule has 0 heterocycles. The molecule has 14 heteroatoms. The van der Waals surface area contributed by atoms with Gasteiger partial charge >= 0.3 is 0 Å². The monoisotopic (exact) mass is 508 g/mol. The van der Waals surface area contributed by atoms with Crippen molar-refractivity contribution in [2.45, 2.75) is 23.6 Å². The fraction of sp³-hybridized carbons (Fsp3) is 0.150. The standard InChI is InChI=1S/C20H20N4O8S2/c1-3-24(11(2)25)16-7-5-13(9-18(16)34(30,31)32)22-23-20-15(21)6-4-12-8-14(33(27,28)29)10-17(26)19(12)20/h4-10,26H,3,21H2,1-2H3,(H,27,28,29)(H,30,31,32). The smallest absolute Gasteiger partial charge is 0.296 e. The molecule has 3 aromatic carbocycles. The minimum Gasteiger partial charge on any atom is -0.507 e. The molecular weight excluding hydrogens is 488 g/mol. The zero-order chi connectivity index (χ0) is 25.4. The summed E-state index contributed by atoms with van der Waals surface area (Å²) in [4.78, 5) is 11.9. The summed E-state index contributed by atoms with van der Waals surface area (Å²) in [5.41, 5.74) is 5.89. The number of azo groups is 1. The topological polar surface area (TPSA) is 200 Å². The molecule has 0 atom stereocenters. The van der Waals surface area contributed by atoms with Gasteiger partial charge in [-0.05, 0) is 42.6 Å². The Bertz CT molecular complexity index is 1550. The fourth-order valence-corrected chi connectivity index (χ4v) is 4.58. The van der Waals surface area contributed by atoms with Gasteiger partial charge in [0.25, 0.3) is 20.2 Å². The van der Waals surface area contributed by atoms with Crippen molar-refractivity contribution in [2.24, 2.45) is 10.2 Å². The minimum atomic E-state index is -4.74. The zero-order valence-electron chi connectivity index (χ0n) is 17.9. The van der Waals surface area contributed by atoms with Crippen LogP contribution < -0.4 is 10.6 Å². The van der Waals surface area contributed by atoms with Gasteiger partial charge in [0.2, 0.25) is 5.91 Å². The molecule has 3 rings (SSSR count). The lowest BCUT2D eigenvalue weighted by Crippen LogP contribution is -2.29. The predicted octanol–water partition coefficient (Wildman–Crippen LogP) is 3.41. The van der Waals surface area contributed by atoms with Gasteiger partial charge in [-0.15, -0.1) is 5.11 Å². The van der Waals surface area contributed by atoms with Crippen LogP contribution in [0.2, 0.25) is 0 Å². The number of hydrogen-bond donors (Lipinski definition) is 4. The third-order valence-electron chi connectivity index (χ3n) is 4.85. The second-order valence-corrected chi connectivity index (χ2v) is 9.92. The Kier molecular flexibility index (Phi) is 6.61. The molecule has 180 valence electrons. The number of carbonyl (C=O) groups is 1. The maximum atomic E-state index is 11.9. The summed E-state index contributed by atoms with van der Waals surface area (Å²) in [6, 6.07) is 8.36.